The van der Waals surface area contributed by atoms with Gasteiger partial charge < -0.3 is 10.1 Å². The molecule has 6 nitrogen and oxygen atoms in total. The van der Waals surface area contributed by atoms with Gasteiger partial charge in [-0.25, -0.2) is 0 Å². The van der Waals surface area contributed by atoms with Crippen LogP contribution < -0.4 is 10.1 Å². The van der Waals surface area contributed by atoms with Crippen LogP contribution in [0, 0.1) is 17.0 Å². The number of nitrogens with zero attached hydrogens (tertiary/aromatic N) is 1. The van der Waals surface area contributed by atoms with Gasteiger partial charge in [0.2, 0.25) is 0 Å². The second-order valence-corrected chi connectivity index (χ2v) is 7.92. The lowest BCUT2D eigenvalue weighted by atomic mass is 10.1. The number of nitro benzene ring substituents is 1. The van der Waals surface area contributed by atoms with E-state index >= 15 is 0 Å². The Balaban J connectivity index is 1.80. The van der Waals surface area contributed by atoms with E-state index < -0.39 is 4.92 Å². The molecule has 30 heavy (non-hydrogen) atoms. The molecular weight excluding hydrogens is 424 g/mol. The zero-order chi connectivity index (χ0) is 21.7. The van der Waals surface area contributed by atoms with Crippen LogP contribution in [0.2, 0.25) is 5.02 Å². The number of rotatable bonds is 7. The Labute approximate surface area is 183 Å². The molecule has 0 saturated heterocycles. The van der Waals surface area contributed by atoms with Gasteiger partial charge >= 0.3 is 0 Å². The number of benzene rings is 3. The molecule has 1 N–H and O–H groups in total. The summed E-state index contributed by atoms with van der Waals surface area (Å²) in [5.74, 6) is 0.931. The van der Waals surface area contributed by atoms with E-state index in [9.17, 15) is 14.9 Å². The SMILES string of the molecule is COc1ccc(C(=O)Nc2cccc([N+](=O)[O-])c2C)cc1CSc1ccc(Cl)cc1. The molecular formula is C22H19ClN2O4S. The van der Waals surface area contributed by atoms with Crippen LogP contribution in [0.5, 0.6) is 5.75 Å². The van der Waals surface area contributed by atoms with Crippen LogP contribution in [0.25, 0.3) is 0 Å². The van der Waals surface area contributed by atoms with Gasteiger partial charge in [-0.3, -0.25) is 14.9 Å². The van der Waals surface area contributed by atoms with Gasteiger partial charge in [0.25, 0.3) is 11.6 Å². The zero-order valence-corrected chi connectivity index (χ0v) is 17.9. The molecule has 3 aromatic rings. The molecule has 0 fully saturated rings. The monoisotopic (exact) mass is 442 g/mol. The molecule has 154 valence electrons. The number of hydrogen-bond donors (Lipinski definition) is 1. The lowest BCUT2D eigenvalue weighted by molar-refractivity contribution is -0.385. The highest BCUT2D eigenvalue weighted by atomic mass is 35.5. The highest BCUT2D eigenvalue weighted by Crippen LogP contribution is 2.30. The first-order chi connectivity index (χ1) is 14.4. The molecule has 0 bridgehead atoms. The number of ether oxygens (including phenoxy) is 1. The summed E-state index contributed by atoms with van der Waals surface area (Å²) in [6.07, 6.45) is 0. The standard InChI is InChI=1S/C22H19ClN2O4S/c1-14-19(4-3-5-20(14)25(27)28)24-22(26)15-6-11-21(29-2)16(12-15)13-30-18-9-7-17(23)8-10-18/h3-12H,13H2,1-2H3,(H,24,26). The average molecular weight is 443 g/mol. The predicted molar refractivity (Wildman–Crippen MR) is 120 cm³/mol. The van der Waals surface area contributed by atoms with Crippen LogP contribution >= 0.6 is 23.4 Å². The topological polar surface area (TPSA) is 81.5 Å². The second-order valence-electron chi connectivity index (χ2n) is 6.43. The average Bonchev–Trinajstić information content (AvgIpc) is 2.74. The van der Waals surface area contributed by atoms with Crippen molar-refractivity contribution >= 4 is 40.6 Å². The fourth-order valence-electron chi connectivity index (χ4n) is 2.88. The van der Waals surface area contributed by atoms with Crippen molar-refractivity contribution in [3.8, 4) is 5.75 Å². The maximum Gasteiger partial charge on any atom is 0.274 e. The van der Waals surface area contributed by atoms with E-state index in [1.807, 2.05) is 24.3 Å². The molecule has 0 aliphatic rings. The number of amides is 1. The van der Waals surface area contributed by atoms with E-state index in [1.54, 1.807) is 56.1 Å². The van der Waals surface area contributed by atoms with Crippen LogP contribution in [0.15, 0.2) is 65.6 Å². The third-order valence-electron chi connectivity index (χ3n) is 4.50. The van der Waals surface area contributed by atoms with Crippen molar-refractivity contribution in [3.05, 3.63) is 92.5 Å². The lowest BCUT2D eigenvalue weighted by Crippen LogP contribution is -2.13. The van der Waals surface area contributed by atoms with Gasteiger partial charge in [-0.05, 0) is 55.5 Å². The minimum atomic E-state index is -0.468. The number of anilines is 1. The molecule has 0 aliphatic carbocycles. The van der Waals surface area contributed by atoms with Gasteiger partial charge in [0.05, 0.1) is 23.3 Å². The summed E-state index contributed by atoms with van der Waals surface area (Å²) in [4.78, 5) is 24.5. The quantitative estimate of drug-likeness (QED) is 0.271. The summed E-state index contributed by atoms with van der Waals surface area (Å²) < 4.78 is 5.43. The van der Waals surface area contributed by atoms with Gasteiger partial charge in [0.15, 0.2) is 0 Å². The van der Waals surface area contributed by atoms with Crippen LogP contribution in [-0.4, -0.2) is 17.9 Å². The van der Waals surface area contributed by atoms with E-state index in [0.29, 0.717) is 33.3 Å². The molecule has 0 saturated carbocycles. The van der Waals surface area contributed by atoms with Gasteiger partial charge in [-0.1, -0.05) is 17.7 Å². The Morgan fingerprint density at radius 1 is 1.17 bits per heavy atom. The normalized spacial score (nSPS) is 10.5. The molecule has 3 aromatic carbocycles. The molecule has 0 heterocycles. The largest absolute Gasteiger partial charge is 0.496 e. The third kappa shape index (κ3) is 5.11. The summed E-state index contributed by atoms with van der Waals surface area (Å²) in [5.41, 5.74) is 2.07. The first kappa shape index (κ1) is 21.7. The Morgan fingerprint density at radius 2 is 1.90 bits per heavy atom. The van der Waals surface area contributed by atoms with Crippen LogP contribution in [0.3, 0.4) is 0 Å². The minimum absolute atomic E-state index is 0.0393. The summed E-state index contributed by atoms with van der Waals surface area (Å²) in [6.45, 7) is 1.61. The molecule has 0 aromatic heterocycles. The molecule has 0 aliphatic heterocycles. The number of halogens is 1. The zero-order valence-electron chi connectivity index (χ0n) is 16.3. The van der Waals surface area contributed by atoms with Crippen LogP contribution in [0.1, 0.15) is 21.5 Å². The highest BCUT2D eigenvalue weighted by Gasteiger charge is 2.16. The minimum Gasteiger partial charge on any atom is -0.496 e. The Bertz CT molecular complexity index is 1090. The molecule has 0 radical (unpaired) electrons. The smallest absolute Gasteiger partial charge is 0.274 e. The summed E-state index contributed by atoms with van der Waals surface area (Å²) in [5, 5.41) is 14.6. The number of methoxy groups -OCH3 is 1. The fraction of sp³-hybridized carbons (Fsp3) is 0.136. The van der Waals surface area contributed by atoms with E-state index in [0.717, 1.165) is 10.5 Å². The van der Waals surface area contributed by atoms with Crippen molar-refractivity contribution < 1.29 is 14.5 Å². The van der Waals surface area contributed by atoms with Crippen LogP contribution in [-0.2, 0) is 5.75 Å². The Morgan fingerprint density at radius 3 is 2.57 bits per heavy atom. The maximum atomic E-state index is 12.8. The van der Waals surface area contributed by atoms with E-state index in [2.05, 4.69) is 5.32 Å². The second kappa shape index (κ2) is 9.65. The number of carbonyl (C=O) groups excluding carboxylic acids is 1. The first-order valence-electron chi connectivity index (χ1n) is 8.99. The van der Waals surface area contributed by atoms with Crippen molar-refractivity contribution in [1.82, 2.24) is 0 Å². The Hall–Kier alpha value is -3.03. The number of nitro groups is 1. The van der Waals surface area contributed by atoms with Crippen molar-refractivity contribution in [3.63, 3.8) is 0 Å². The fourth-order valence-corrected chi connectivity index (χ4v) is 3.88. The van der Waals surface area contributed by atoms with Crippen LogP contribution in [0.4, 0.5) is 11.4 Å². The molecule has 0 unspecified atom stereocenters. The Kier molecular flexibility index (Phi) is 6.97. The molecule has 1 amide bonds. The van der Waals surface area contributed by atoms with Gasteiger partial charge in [0.1, 0.15) is 5.75 Å². The maximum absolute atomic E-state index is 12.8. The van der Waals surface area contributed by atoms with Crippen molar-refractivity contribution in [2.24, 2.45) is 0 Å². The van der Waals surface area contributed by atoms with Gasteiger partial charge in [-0.2, -0.15) is 0 Å². The highest BCUT2D eigenvalue weighted by molar-refractivity contribution is 7.98. The first-order valence-corrected chi connectivity index (χ1v) is 10.4. The molecule has 0 atom stereocenters. The molecule has 3 rings (SSSR count). The van der Waals surface area contributed by atoms with E-state index in [4.69, 9.17) is 16.3 Å². The molecule has 0 spiro atoms. The van der Waals surface area contributed by atoms with Gasteiger partial charge in [-0.15, -0.1) is 11.8 Å². The number of nitrogens with one attached hydrogen (secondary N) is 1. The summed E-state index contributed by atoms with van der Waals surface area (Å²) >= 11 is 7.52. The van der Waals surface area contributed by atoms with E-state index in [1.165, 1.54) is 6.07 Å². The summed E-state index contributed by atoms with van der Waals surface area (Å²) in [7, 11) is 1.58. The van der Waals surface area contributed by atoms with Crippen molar-refractivity contribution in [2.45, 2.75) is 17.6 Å². The lowest BCUT2D eigenvalue weighted by Gasteiger charge is -2.12. The third-order valence-corrected chi connectivity index (χ3v) is 5.81. The van der Waals surface area contributed by atoms with E-state index in [-0.39, 0.29) is 11.6 Å². The van der Waals surface area contributed by atoms with Gasteiger partial charge in [0, 0.05) is 32.9 Å². The number of hydrogen-bond acceptors (Lipinski definition) is 5. The number of carbonyl (C=O) groups is 1. The summed E-state index contributed by atoms with van der Waals surface area (Å²) in [6, 6.07) is 17.3. The predicted octanol–water partition coefficient (Wildman–Crippen LogP) is 6.11. The van der Waals surface area contributed by atoms with Crippen molar-refractivity contribution in [2.75, 3.05) is 12.4 Å². The molecule has 8 heteroatoms. The van der Waals surface area contributed by atoms with Crippen molar-refractivity contribution in [1.29, 1.82) is 0 Å². The number of thioether (sulfide) groups is 1.